The first kappa shape index (κ1) is 34.8. The standard InChI is InChI=1S/C36H55N3O6/c1-33(2,3)45-31(42)36(25-17-8-9-18-26-36)38-29(40)34(21-13-4-5-14-22-34)37-30(41)35(23-15-6-7-16-24-35)39-32(43)44-27-28-19-11-10-12-20-28/h10-12,19-20H,4-9,13-18,21-27H2,1-3H3,(H,37,41)(H,38,40)(H,39,43). The number of hydrogen-bond acceptors (Lipinski definition) is 6. The predicted molar refractivity (Wildman–Crippen MR) is 173 cm³/mol. The third-order valence-electron chi connectivity index (χ3n) is 9.79. The van der Waals surface area contributed by atoms with E-state index in [2.05, 4.69) is 16.0 Å². The molecule has 0 spiro atoms. The molecule has 0 bridgehead atoms. The average Bonchev–Trinajstić information content (AvgIpc) is 3.49. The van der Waals surface area contributed by atoms with Crippen LogP contribution in [-0.2, 0) is 30.5 Å². The summed E-state index contributed by atoms with van der Waals surface area (Å²) in [5.74, 6) is -1.06. The quantitative estimate of drug-likeness (QED) is 0.217. The van der Waals surface area contributed by atoms with Gasteiger partial charge in [0.2, 0.25) is 11.8 Å². The number of nitrogens with one attached hydrogen (secondary N) is 3. The number of alkyl carbamates (subject to hydrolysis) is 1. The SMILES string of the molecule is CC(C)(C)OC(=O)C1(NC(=O)C2(NC(=O)C3(NC(=O)OCc4ccccc4)CCCCCC3)CCCCCC2)CCCCCC1. The summed E-state index contributed by atoms with van der Waals surface area (Å²) in [6.45, 7) is 5.63. The summed E-state index contributed by atoms with van der Waals surface area (Å²) in [6, 6.07) is 9.44. The van der Waals surface area contributed by atoms with Crippen molar-refractivity contribution in [2.45, 2.75) is 165 Å². The fourth-order valence-corrected chi connectivity index (χ4v) is 7.20. The molecular formula is C36H55N3O6. The second-order valence-corrected chi connectivity index (χ2v) is 14.6. The van der Waals surface area contributed by atoms with Crippen LogP contribution in [0.3, 0.4) is 0 Å². The Kier molecular flexibility index (Phi) is 11.9. The molecule has 9 heteroatoms. The van der Waals surface area contributed by atoms with Crippen molar-refractivity contribution in [3.8, 4) is 0 Å². The smallest absolute Gasteiger partial charge is 0.408 e. The molecule has 4 rings (SSSR count). The summed E-state index contributed by atoms with van der Waals surface area (Å²) in [5.41, 5.74) is -3.34. The third kappa shape index (κ3) is 9.46. The summed E-state index contributed by atoms with van der Waals surface area (Å²) in [5, 5.41) is 9.40. The lowest BCUT2D eigenvalue weighted by Gasteiger charge is -2.41. The Hall–Kier alpha value is -3.10. The number of carbonyl (C=O) groups excluding carboxylic acids is 4. The summed E-state index contributed by atoms with van der Waals surface area (Å²) >= 11 is 0. The molecule has 45 heavy (non-hydrogen) atoms. The molecular weight excluding hydrogens is 570 g/mol. The zero-order valence-corrected chi connectivity index (χ0v) is 27.8. The van der Waals surface area contributed by atoms with Gasteiger partial charge in [-0.2, -0.15) is 0 Å². The average molecular weight is 626 g/mol. The molecule has 1 aromatic rings. The Balaban J connectivity index is 1.59. The number of carbonyl (C=O) groups is 4. The largest absolute Gasteiger partial charge is 0.458 e. The highest BCUT2D eigenvalue weighted by molar-refractivity contribution is 5.98. The molecule has 3 aliphatic carbocycles. The van der Waals surface area contributed by atoms with Gasteiger partial charge in [-0.15, -0.1) is 0 Å². The van der Waals surface area contributed by atoms with E-state index in [1.165, 1.54) is 0 Å². The van der Waals surface area contributed by atoms with Crippen LogP contribution in [0.2, 0.25) is 0 Å². The van der Waals surface area contributed by atoms with Gasteiger partial charge in [-0.3, -0.25) is 9.59 Å². The number of benzene rings is 1. The number of hydrogen-bond donors (Lipinski definition) is 3. The number of ether oxygens (including phenoxy) is 2. The first-order chi connectivity index (χ1) is 21.5. The highest BCUT2D eigenvalue weighted by atomic mass is 16.6. The molecule has 3 aliphatic rings. The Bertz CT molecular complexity index is 1140. The van der Waals surface area contributed by atoms with Crippen molar-refractivity contribution in [1.82, 2.24) is 16.0 Å². The second-order valence-electron chi connectivity index (χ2n) is 14.6. The molecule has 0 unspecified atom stereocenters. The molecule has 3 N–H and O–H groups in total. The van der Waals surface area contributed by atoms with Gasteiger partial charge >= 0.3 is 12.1 Å². The Morgan fingerprint density at radius 2 is 1.00 bits per heavy atom. The van der Waals surface area contributed by atoms with Crippen molar-refractivity contribution < 1.29 is 28.7 Å². The van der Waals surface area contributed by atoms with Crippen molar-refractivity contribution >= 4 is 23.9 Å². The van der Waals surface area contributed by atoms with Crippen LogP contribution in [0, 0.1) is 0 Å². The van der Waals surface area contributed by atoms with E-state index in [1.807, 2.05) is 51.1 Å². The number of amides is 3. The Morgan fingerprint density at radius 1 is 0.600 bits per heavy atom. The molecule has 0 heterocycles. The van der Waals surface area contributed by atoms with E-state index in [0.29, 0.717) is 38.5 Å². The molecule has 3 amide bonds. The molecule has 9 nitrogen and oxygen atoms in total. The lowest BCUT2D eigenvalue weighted by Crippen LogP contribution is -2.69. The van der Waals surface area contributed by atoms with Crippen LogP contribution < -0.4 is 16.0 Å². The minimum Gasteiger partial charge on any atom is -0.458 e. The van der Waals surface area contributed by atoms with E-state index >= 15 is 0 Å². The Labute approximate surface area is 269 Å². The van der Waals surface area contributed by atoms with E-state index in [1.54, 1.807) is 0 Å². The van der Waals surface area contributed by atoms with Crippen LogP contribution in [0.25, 0.3) is 0 Å². The zero-order chi connectivity index (χ0) is 32.4. The predicted octanol–water partition coefficient (Wildman–Crippen LogP) is 6.77. The highest BCUT2D eigenvalue weighted by Gasteiger charge is 2.51. The van der Waals surface area contributed by atoms with Gasteiger partial charge in [0.05, 0.1) is 0 Å². The van der Waals surface area contributed by atoms with E-state index in [-0.39, 0.29) is 18.4 Å². The normalized spacial score (nSPS) is 21.5. The summed E-state index contributed by atoms with van der Waals surface area (Å²) in [6.07, 6.45) is 12.9. The maximum atomic E-state index is 14.6. The van der Waals surface area contributed by atoms with Gasteiger partial charge in [0.1, 0.15) is 28.8 Å². The molecule has 3 fully saturated rings. The summed E-state index contributed by atoms with van der Waals surface area (Å²) in [4.78, 5) is 55.9. The lowest BCUT2D eigenvalue weighted by atomic mass is 9.82. The maximum absolute atomic E-state index is 14.6. The summed E-state index contributed by atoms with van der Waals surface area (Å²) in [7, 11) is 0. The van der Waals surface area contributed by atoms with Crippen molar-refractivity contribution in [3.05, 3.63) is 35.9 Å². The fraction of sp³-hybridized carbons (Fsp3) is 0.722. The highest BCUT2D eigenvalue weighted by Crippen LogP contribution is 2.35. The van der Waals surface area contributed by atoms with Crippen molar-refractivity contribution in [1.29, 1.82) is 0 Å². The second kappa shape index (κ2) is 15.5. The van der Waals surface area contributed by atoms with Crippen molar-refractivity contribution in [3.63, 3.8) is 0 Å². The minimum atomic E-state index is -1.19. The van der Waals surface area contributed by atoms with Gasteiger partial charge in [-0.25, -0.2) is 9.59 Å². The van der Waals surface area contributed by atoms with Gasteiger partial charge in [0.25, 0.3) is 0 Å². The van der Waals surface area contributed by atoms with Gasteiger partial charge in [-0.1, -0.05) is 107 Å². The van der Waals surface area contributed by atoms with Crippen LogP contribution in [0.5, 0.6) is 0 Å². The van der Waals surface area contributed by atoms with E-state index < -0.39 is 34.3 Å². The molecule has 0 radical (unpaired) electrons. The fourth-order valence-electron chi connectivity index (χ4n) is 7.20. The first-order valence-corrected chi connectivity index (χ1v) is 17.4. The van der Waals surface area contributed by atoms with Crippen molar-refractivity contribution in [2.24, 2.45) is 0 Å². The zero-order valence-electron chi connectivity index (χ0n) is 27.8. The van der Waals surface area contributed by atoms with Crippen LogP contribution in [0.15, 0.2) is 30.3 Å². The minimum absolute atomic E-state index is 0.101. The molecule has 0 aliphatic heterocycles. The topological polar surface area (TPSA) is 123 Å². The van der Waals surface area contributed by atoms with Crippen LogP contribution in [0.1, 0.15) is 142 Å². The summed E-state index contributed by atoms with van der Waals surface area (Å²) < 4.78 is 11.4. The molecule has 250 valence electrons. The lowest BCUT2D eigenvalue weighted by molar-refractivity contribution is -0.166. The maximum Gasteiger partial charge on any atom is 0.408 e. The number of esters is 1. The van der Waals surface area contributed by atoms with Gasteiger partial charge in [0, 0.05) is 0 Å². The van der Waals surface area contributed by atoms with E-state index in [9.17, 15) is 19.2 Å². The van der Waals surface area contributed by atoms with Gasteiger partial charge in [0.15, 0.2) is 0 Å². The van der Waals surface area contributed by atoms with Crippen LogP contribution in [0.4, 0.5) is 4.79 Å². The van der Waals surface area contributed by atoms with E-state index in [0.717, 1.165) is 82.6 Å². The first-order valence-electron chi connectivity index (χ1n) is 17.4. The monoisotopic (exact) mass is 625 g/mol. The molecule has 0 atom stereocenters. The van der Waals surface area contributed by atoms with Crippen LogP contribution in [-0.4, -0.2) is 46.1 Å². The molecule has 0 aromatic heterocycles. The van der Waals surface area contributed by atoms with Crippen molar-refractivity contribution in [2.75, 3.05) is 0 Å². The molecule has 0 saturated heterocycles. The Morgan fingerprint density at radius 3 is 1.44 bits per heavy atom. The van der Waals surface area contributed by atoms with Gasteiger partial charge in [-0.05, 0) is 64.9 Å². The third-order valence-corrected chi connectivity index (χ3v) is 9.79. The van der Waals surface area contributed by atoms with Gasteiger partial charge < -0.3 is 25.4 Å². The van der Waals surface area contributed by atoms with E-state index in [4.69, 9.17) is 9.47 Å². The van der Waals surface area contributed by atoms with Crippen LogP contribution >= 0.6 is 0 Å². The molecule has 1 aromatic carbocycles. The number of rotatable bonds is 8. The molecule has 3 saturated carbocycles.